The molecule has 0 bridgehead atoms. The standard InChI is InChI=1S/C11H20N4O3S/c1-8-3-4-15(7-10(8)18-2)19(16,17)11-9(5-12)6-13-14-11/h6,8,10H,3-5,7,12H2,1-2H3,(H,13,14). The predicted octanol–water partition coefficient (Wildman–Crippen LogP) is -0.0861. The van der Waals surface area contributed by atoms with Gasteiger partial charge in [0.25, 0.3) is 10.0 Å². The second-order valence-electron chi connectivity index (χ2n) is 4.83. The third kappa shape index (κ3) is 2.66. The van der Waals surface area contributed by atoms with Gasteiger partial charge >= 0.3 is 0 Å². The quantitative estimate of drug-likeness (QED) is 0.806. The number of aromatic amines is 1. The molecule has 0 saturated carbocycles. The van der Waals surface area contributed by atoms with Gasteiger partial charge < -0.3 is 10.5 Å². The van der Waals surface area contributed by atoms with Crippen molar-refractivity contribution in [3.8, 4) is 0 Å². The molecule has 1 aliphatic heterocycles. The highest BCUT2D eigenvalue weighted by Gasteiger charge is 2.35. The molecule has 1 aromatic heterocycles. The highest BCUT2D eigenvalue weighted by molar-refractivity contribution is 7.89. The Hall–Kier alpha value is -0.960. The van der Waals surface area contributed by atoms with E-state index in [4.69, 9.17) is 10.5 Å². The molecule has 1 fully saturated rings. The van der Waals surface area contributed by atoms with Gasteiger partial charge in [0, 0.05) is 32.3 Å². The molecule has 0 amide bonds. The van der Waals surface area contributed by atoms with Gasteiger partial charge in [-0.2, -0.15) is 9.40 Å². The molecule has 2 unspecified atom stereocenters. The van der Waals surface area contributed by atoms with Gasteiger partial charge in [-0.1, -0.05) is 6.92 Å². The summed E-state index contributed by atoms with van der Waals surface area (Å²) in [7, 11) is -1.96. The third-order valence-corrected chi connectivity index (χ3v) is 5.53. The predicted molar refractivity (Wildman–Crippen MR) is 69.8 cm³/mol. The summed E-state index contributed by atoms with van der Waals surface area (Å²) in [6, 6.07) is 0. The van der Waals surface area contributed by atoms with E-state index in [0.717, 1.165) is 6.42 Å². The van der Waals surface area contributed by atoms with Crippen molar-refractivity contribution in [1.82, 2.24) is 14.5 Å². The van der Waals surface area contributed by atoms with Crippen LogP contribution in [-0.4, -0.2) is 49.2 Å². The summed E-state index contributed by atoms with van der Waals surface area (Å²) in [5, 5.41) is 6.40. The van der Waals surface area contributed by atoms with Crippen molar-refractivity contribution < 1.29 is 13.2 Å². The van der Waals surface area contributed by atoms with Gasteiger partial charge in [0.15, 0.2) is 5.03 Å². The smallest absolute Gasteiger partial charge is 0.260 e. The minimum absolute atomic E-state index is 0.0761. The van der Waals surface area contributed by atoms with Gasteiger partial charge in [0.1, 0.15) is 0 Å². The van der Waals surface area contributed by atoms with Crippen LogP contribution in [0, 0.1) is 5.92 Å². The van der Waals surface area contributed by atoms with Crippen molar-refractivity contribution in [3.05, 3.63) is 11.8 Å². The summed E-state index contributed by atoms with van der Waals surface area (Å²) in [6.07, 6.45) is 2.16. The number of methoxy groups -OCH3 is 1. The van der Waals surface area contributed by atoms with Crippen molar-refractivity contribution >= 4 is 10.0 Å². The van der Waals surface area contributed by atoms with Gasteiger partial charge in [0.2, 0.25) is 0 Å². The van der Waals surface area contributed by atoms with Gasteiger partial charge in [-0.3, -0.25) is 5.10 Å². The molecule has 19 heavy (non-hydrogen) atoms. The van der Waals surface area contributed by atoms with Crippen LogP contribution in [0.4, 0.5) is 0 Å². The number of hydrogen-bond acceptors (Lipinski definition) is 5. The Morgan fingerprint density at radius 2 is 2.37 bits per heavy atom. The molecule has 0 radical (unpaired) electrons. The van der Waals surface area contributed by atoms with Crippen molar-refractivity contribution in [1.29, 1.82) is 0 Å². The summed E-state index contributed by atoms with van der Waals surface area (Å²) in [5.41, 5.74) is 6.04. The average molecular weight is 288 g/mol. The molecule has 0 spiro atoms. The molecule has 2 rings (SSSR count). The molecule has 3 N–H and O–H groups in total. The number of nitrogens with zero attached hydrogens (tertiary/aromatic N) is 2. The number of rotatable bonds is 4. The van der Waals surface area contributed by atoms with Crippen LogP contribution in [0.25, 0.3) is 0 Å². The van der Waals surface area contributed by atoms with Crippen LogP contribution in [0.3, 0.4) is 0 Å². The molecule has 108 valence electrons. The first-order chi connectivity index (χ1) is 9.00. The number of nitrogens with two attached hydrogens (primary N) is 1. The number of hydrogen-bond donors (Lipinski definition) is 2. The zero-order valence-corrected chi connectivity index (χ0v) is 12.0. The summed E-state index contributed by atoms with van der Waals surface area (Å²) in [5.74, 6) is 0.354. The van der Waals surface area contributed by atoms with Crippen molar-refractivity contribution in [3.63, 3.8) is 0 Å². The Labute approximate surface area is 113 Å². The van der Waals surface area contributed by atoms with Crippen LogP contribution < -0.4 is 5.73 Å². The van der Waals surface area contributed by atoms with E-state index in [0.29, 0.717) is 24.6 Å². The average Bonchev–Trinajstić information content (AvgIpc) is 2.88. The third-order valence-electron chi connectivity index (χ3n) is 3.65. The fourth-order valence-electron chi connectivity index (χ4n) is 2.33. The summed E-state index contributed by atoms with van der Waals surface area (Å²) >= 11 is 0. The Morgan fingerprint density at radius 1 is 1.63 bits per heavy atom. The molecule has 1 aliphatic rings. The van der Waals surface area contributed by atoms with Crippen LogP contribution in [0.5, 0.6) is 0 Å². The van der Waals surface area contributed by atoms with Crippen LogP contribution in [0.2, 0.25) is 0 Å². The lowest BCUT2D eigenvalue weighted by Crippen LogP contribution is -2.46. The van der Waals surface area contributed by atoms with E-state index in [2.05, 4.69) is 17.1 Å². The van der Waals surface area contributed by atoms with E-state index in [-0.39, 0.29) is 17.7 Å². The van der Waals surface area contributed by atoms with Crippen LogP contribution in [-0.2, 0) is 21.3 Å². The molecule has 1 aromatic rings. The summed E-state index contributed by atoms with van der Waals surface area (Å²) < 4.78 is 31.9. The fraction of sp³-hybridized carbons (Fsp3) is 0.727. The van der Waals surface area contributed by atoms with Crippen molar-refractivity contribution in [2.75, 3.05) is 20.2 Å². The van der Waals surface area contributed by atoms with Gasteiger partial charge in [-0.25, -0.2) is 8.42 Å². The second kappa shape index (κ2) is 5.58. The van der Waals surface area contributed by atoms with E-state index in [9.17, 15) is 8.42 Å². The second-order valence-corrected chi connectivity index (χ2v) is 6.71. The van der Waals surface area contributed by atoms with Crippen molar-refractivity contribution in [2.45, 2.75) is 31.0 Å². The molecule has 8 heteroatoms. The van der Waals surface area contributed by atoms with E-state index >= 15 is 0 Å². The maximum atomic E-state index is 12.5. The molecule has 0 aromatic carbocycles. The Kier molecular flexibility index (Phi) is 4.24. The molecule has 1 saturated heterocycles. The van der Waals surface area contributed by atoms with Crippen LogP contribution in [0.15, 0.2) is 11.2 Å². The number of nitrogens with one attached hydrogen (secondary N) is 1. The molecule has 2 atom stereocenters. The fourth-order valence-corrected chi connectivity index (χ4v) is 3.91. The van der Waals surface area contributed by atoms with E-state index in [1.54, 1.807) is 7.11 Å². The number of aromatic nitrogens is 2. The lowest BCUT2D eigenvalue weighted by atomic mass is 9.97. The zero-order chi connectivity index (χ0) is 14.0. The van der Waals surface area contributed by atoms with E-state index in [1.165, 1.54) is 10.5 Å². The number of piperidine rings is 1. The minimum atomic E-state index is -3.57. The lowest BCUT2D eigenvalue weighted by molar-refractivity contribution is 0.0183. The summed E-state index contributed by atoms with van der Waals surface area (Å²) in [4.78, 5) is 0. The molecule has 7 nitrogen and oxygen atoms in total. The van der Waals surface area contributed by atoms with E-state index < -0.39 is 10.0 Å². The number of sulfonamides is 1. The SMILES string of the molecule is COC1CN(S(=O)(=O)c2[nH]ncc2CN)CCC1C. The van der Waals surface area contributed by atoms with Gasteiger partial charge in [-0.15, -0.1) is 0 Å². The molecule has 2 heterocycles. The van der Waals surface area contributed by atoms with Crippen LogP contribution >= 0.6 is 0 Å². The Morgan fingerprint density at radius 3 is 3.00 bits per heavy atom. The molecule has 0 aliphatic carbocycles. The number of H-pyrrole nitrogens is 1. The van der Waals surface area contributed by atoms with Gasteiger partial charge in [-0.05, 0) is 12.3 Å². The van der Waals surface area contributed by atoms with Crippen LogP contribution in [0.1, 0.15) is 18.9 Å². The maximum absolute atomic E-state index is 12.5. The monoisotopic (exact) mass is 288 g/mol. The topological polar surface area (TPSA) is 101 Å². The Balaban J connectivity index is 2.25. The normalized spacial score (nSPS) is 25.6. The summed E-state index contributed by atoms with van der Waals surface area (Å²) in [6.45, 7) is 3.07. The first-order valence-corrected chi connectivity index (χ1v) is 7.70. The van der Waals surface area contributed by atoms with Crippen molar-refractivity contribution in [2.24, 2.45) is 11.7 Å². The molecular formula is C11H20N4O3S. The zero-order valence-electron chi connectivity index (χ0n) is 11.2. The van der Waals surface area contributed by atoms with Gasteiger partial charge in [0.05, 0.1) is 12.3 Å². The highest BCUT2D eigenvalue weighted by atomic mass is 32.2. The van der Waals surface area contributed by atoms with E-state index in [1.807, 2.05) is 0 Å². The lowest BCUT2D eigenvalue weighted by Gasteiger charge is -2.35. The first kappa shape index (κ1) is 14.4. The largest absolute Gasteiger partial charge is 0.380 e. The maximum Gasteiger partial charge on any atom is 0.260 e. The first-order valence-electron chi connectivity index (χ1n) is 6.26. The number of ether oxygens (including phenoxy) is 1. The Bertz CT molecular complexity index is 528. The highest BCUT2D eigenvalue weighted by Crippen LogP contribution is 2.25. The minimum Gasteiger partial charge on any atom is -0.380 e. The molecular weight excluding hydrogens is 268 g/mol.